The Morgan fingerprint density at radius 2 is 1.84 bits per heavy atom. The Labute approximate surface area is 185 Å². The summed E-state index contributed by atoms with van der Waals surface area (Å²) in [5.41, 5.74) is 1.07. The number of anilines is 1. The van der Waals surface area contributed by atoms with Gasteiger partial charge in [-0.1, -0.05) is 31.0 Å². The second-order valence-electron chi connectivity index (χ2n) is 9.08. The predicted molar refractivity (Wildman–Crippen MR) is 120 cm³/mol. The number of carbonyl (C=O) groups excluding carboxylic acids is 2. The average molecular weight is 431 g/mol. The van der Waals surface area contributed by atoms with E-state index in [0.29, 0.717) is 29.4 Å². The summed E-state index contributed by atoms with van der Waals surface area (Å²) in [6, 6.07) is 15.4. The normalized spacial score (nSPS) is 22.4. The zero-order valence-corrected chi connectivity index (χ0v) is 18.0. The van der Waals surface area contributed by atoms with Crippen LogP contribution in [0.4, 0.5) is 5.69 Å². The van der Waals surface area contributed by atoms with Gasteiger partial charge in [-0.05, 0) is 44.0 Å². The molecule has 0 radical (unpaired) electrons. The lowest BCUT2D eigenvalue weighted by Gasteiger charge is -2.44. The number of fused-ring (bicyclic) bond motifs is 4. The molecule has 1 saturated carbocycles. The minimum atomic E-state index is -1.10. The van der Waals surface area contributed by atoms with Gasteiger partial charge in [0.25, 0.3) is 5.91 Å². The van der Waals surface area contributed by atoms with Crippen molar-refractivity contribution in [1.82, 2.24) is 9.88 Å². The molecule has 0 unspecified atom stereocenters. The van der Waals surface area contributed by atoms with Crippen molar-refractivity contribution in [2.75, 3.05) is 11.7 Å². The van der Waals surface area contributed by atoms with Gasteiger partial charge in [-0.3, -0.25) is 14.5 Å². The third kappa shape index (κ3) is 2.80. The van der Waals surface area contributed by atoms with Gasteiger partial charge in [0.2, 0.25) is 12.7 Å². The van der Waals surface area contributed by atoms with E-state index >= 15 is 0 Å². The van der Waals surface area contributed by atoms with Crippen LogP contribution in [0.15, 0.2) is 48.5 Å². The van der Waals surface area contributed by atoms with Gasteiger partial charge in [-0.25, -0.2) is 0 Å². The first-order chi connectivity index (χ1) is 15.5. The second-order valence-corrected chi connectivity index (χ2v) is 9.08. The Hall–Kier alpha value is -3.48. The van der Waals surface area contributed by atoms with Gasteiger partial charge in [0.15, 0.2) is 11.5 Å². The van der Waals surface area contributed by atoms with Crippen molar-refractivity contribution in [3.63, 3.8) is 0 Å². The van der Waals surface area contributed by atoms with Gasteiger partial charge in [-0.2, -0.15) is 0 Å². The molecule has 2 amide bonds. The fourth-order valence-corrected chi connectivity index (χ4v) is 5.29. The molecule has 3 aromatic rings. The quantitative estimate of drug-likeness (QED) is 0.684. The fourth-order valence-electron chi connectivity index (χ4n) is 5.29. The van der Waals surface area contributed by atoms with E-state index in [2.05, 4.69) is 5.32 Å². The Balaban J connectivity index is 1.48. The van der Waals surface area contributed by atoms with E-state index in [-0.39, 0.29) is 24.6 Å². The molecule has 2 aliphatic heterocycles. The number of hydrogen-bond donors (Lipinski definition) is 1. The molecule has 32 heavy (non-hydrogen) atoms. The lowest BCUT2D eigenvalue weighted by molar-refractivity contribution is -0.127. The van der Waals surface area contributed by atoms with Crippen LogP contribution in [0.1, 0.15) is 43.1 Å². The molecule has 3 heterocycles. The summed E-state index contributed by atoms with van der Waals surface area (Å²) in [5.74, 6) is 0.902. The van der Waals surface area contributed by atoms with Gasteiger partial charge in [0.05, 0.1) is 6.54 Å². The Morgan fingerprint density at radius 1 is 1.06 bits per heavy atom. The number of nitrogens with zero attached hydrogens (tertiary/aromatic N) is 2. The highest BCUT2D eigenvalue weighted by molar-refractivity contribution is 6.14. The van der Waals surface area contributed by atoms with Crippen molar-refractivity contribution in [3.8, 4) is 11.5 Å². The molecule has 0 spiro atoms. The van der Waals surface area contributed by atoms with E-state index in [1.807, 2.05) is 47.9 Å². The number of para-hydroxylation sites is 1. The van der Waals surface area contributed by atoms with Gasteiger partial charge in [0.1, 0.15) is 11.2 Å². The largest absolute Gasteiger partial charge is 0.454 e. The number of ether oxygens (including phenoxy) is 2. The molecule has 1 fully saturated rings. The van der Waals surface area contributed by atoms with E-state index in [1.54, 1.807) is 17.0 Å². The molecule has 7 nitrogen and oxygen atoms in total. The molecule has 6 rings (SSSR count). The van der Waals surface area contributed by atoms with E-state index in [9.17, 15) is 9.59 Å². The summed E-state index contributed by atoms with van der Waals surface area (Å²) < 4.78 is 13.0. The second kappa shape index (κ2) is 7.02. The number of nitrogens with one attached hydrogen (secondary N) is 1. The SMILES string of the molecule is C[C@@]1(C(=O)NC2CCCC2)Cn2c(cc3ccccc32)C(=O)N1c1ccc2c(c1)OCO2. The summed E-state index contributed by atoms with van der Waals surface area (Å²) in [7, 11) is 0. The lowest BCUT2D eigenvalue weighted by Crippen LogP contribution is -2.65. The fraction of sp³-hybridized carbons (Fsp3) is 0.360. The van der Waals surface area contributed by atoms with Crippen LogP contribution in [-0.2, 0) is 11.3 Å². The zero-order chi connectivity index (χ0) is 21.9. The molecule has 0 bridgehead atoms. The molecule has 164 valence electrons. The smallest absolute Gasteiger partial charge is 0.275 e. The van der Waals surface area contributed by atoms with Crippen LogP contribution in [0.3, 0.4) is 0 Å². The van der Waals surface area contributed by atoms with Crippen LogP contribution in [-0.4, -0.2) is 34.8 Å². The number of hydrogen-bond acceptors (Lipinski definition) is 4. The van der Waals surface area contributed by atoms with Crippen LogP contribution in [0.5, 0.6) is 11.5 Å². The monoisotopic (exact) mass is 431 g/mol. The summed E-state index contributed by atoms with van der Waals surface area (Å²) in [6.07, 6.45) is 4.21. The van der Waals surface area contributed by atoms with E-state index < -0.39 is 5.54 Å². The van der Waals surface area contributed by atoms with E-state index in [0.717, 1.165) is 36.6 Å². The van der Waals surface area contributed by atoms with Crippen molar-refractivity contribution in [1.29, 1.82) is 0 Å². The van der Waals surface area contributed by atoms with Crippen LogP contribution in [0.25, 0.3) is 10.9 Å². The van der Waals surface area contributed by atoms with Crippen molar-refractivity contribution >= 4 is 28.4 Å². The minimum absolute atomic E-state index is 0.126. The van der Waals surface area contributed by atoms with Gasteiger partial charge >= 0.3 is 0 Å². The summed E-state index contributed by atoms with van der Waals surface area (Å²) in [4.78, 5) is 29.3. The zero-order valence-electron chi connectivity index (χ0n) is 18.0. The first kappa shape index (κ1) is 19.2. The van der Waals surface area contributed by atoms with E-state index in [4.69, 9.17) is 9.47 Å². The van der Waals surface area contributed by atoms with Crippen molar-refractivity contribution < 1.29 is 19.1 Å². The lowest BCUT2D eigenvalue weighted by atomic mass is 9.93. The number of carbonyl (C=O) groups is 2. The Bertz CT molecular complexity index is 1240. The summed E-state index contributed by atoms with van der Waals surface area (Å²) >= 11 is 0. The highest BCUT2D eigenvalue weighted by atomic mass is 16.7. The van der Waals surface area contributed by atoms with Crippen LogP contribution in [0.2, 0.25) is 0 Å². The van der Waals surface area contributed by atoms with Crippen LogP contribution < -0.4 is 19.7 Å². The standard InChI is InChI=1S/C25H25N3O4/c1-25(24(30)26-17-7-3-4-8-17)14-27-19-9-5-2-6-16(19)12-20(27)23(29)28(25)18-10-11-21-22(13-18)32-15-31-21/h2,5-6,9-13,17H,3-4,7-8,14-15H2,1H3,(H,26,30)/t25-/m0/s1. The summed E-state index contributed by atoms with van der Waals surface area (Å²) in [5, 5.41) is 4.22. The number of amides is 2. The molecule has 0 saturated heterocycles. The maximum Gasteiger partial charge on any atom is 0.275 e. The molecule has 1 N–H and O–H groups in total. The Kier molecular flexibility index (Phi) is 4.22. The molecule has 1 aliphatic carbocycles. The molecular formula is C25H25N3O4. The van der Waals surface area contributed by atoms with Gasteiger partial charge in [0, 0.05) is 28.7 Å². The Morgan fingerprint density at radius 3 is 2.69 bits per heavy atom. The molecule has 1 aromatic heterocycles. The first-order valence-corrected chi connectivity index (χ1v) is 11.2. The van der Waals surface area contributed by atoms with Crippen molar-refractivity contribution in [3.05, 3.63) is 54.2 Å². The summed E-state index contributed by atoms with van der Waals surface area (Å²) in [6.45, 7) is 2.38. The molecule has 7 heteroatoms. The number of aromatic nitrogens is 1. The molecule has 1 atom stereocenters. The van der Waals surface area contributed by atoms with Gasteiger partial charge in [-0.15, -0.1) is 0 Å². The average Bonchev–Trinajstić information content (AvgIpc) is 3.53. The molecular weight excluding hydrogens is 406 g/mol. The predicted octanol–water partition coefficient (Wildman–Crippen LogP) is 3.85. The van der Waals surface area contributed by atoms with Crippen LogP contribution >= 0.6 is 0 Å². The molecule has 3 aliphatic rings. The number of benzene rings is 2. The highest BCUT2D eigenvalue weighted by Gasteiger charge is 2.49. The van der Waals surface area contributed by atoms with Crippen molar-refractivity contribution in [2.24, 2.45) is 0 Å². The maximum atomic E-state index is 13.9. The topological polar surface area (TPSA) is 72.8 Å². The van der Waals surface area contributed by atoms with Gasteiger partial charge < -0.3 is 19.4 Å². The minimum Gasteiger partial charge on any atom is -0.454 e. The maximum absolute atomic E-state index is 13.9. The third-order valence-corrected chi connectivity index (χ3v) is 6.99. The van der Waals surface area contributed by atoms with Crippen molar-refractivity contribution in [2.45, 2.75) is 50.7 Å². The first-order valence-electron chi connectivity index (χ1n) is 11.2. The van der Waals surface area contributed by atoms with Crippen LogP contribution in [0, 0.1) is 0 Å². The number of rotatable bonds is 3. The molecule has 2 aromatic carbocycles. The highest BCUT2D eigenvalue weighted by Crippen LogP contribution is 2.41. The van der Waals surface area contributed by atoms with E-state index in [1.165, 1.54) is 0 Å². The third-order valence-electron chi connectivity index (χ3n) is 6.99.